The summed E-state index contributed by atoms with van der Waals surface area (Å²) >= 11 is 3.59. The average Bonchev–Trinajstić information content (AvgIpc) is 2.84. The molecule has 1 heterocycles. The summed E-state index contributed by atoms with van der Waals surface area (Å²) < 4.78 is 1.14. The number of likely N-dealkylation sites (tertiary alicyclic amines) is 1. The van der Waals surface area contributed by atoms with E-state index in [9.17, 15) is 0 Å². The first-order valence-corrected chi connectivity index (χ1v) is 8.76. The second-order valence-electron chi connectivity index (χ2n) is 6.30. The Morgan fingerprint density at radius 1 is 1.48 bits per heavy atom. The lowest BCUT2D eigenvalue weighted by Gasteiger charge is -2.29. The molecule has 0 aliphatic carbocycles. The summed E-state index contributed by atoms with van der Waals surface area (Å²) in [7, 11) is 4.44. The van der Waals surface area contributed by atoms with Gasteiger partial charge in [-0.3, -0.25) is 0 Å². The molecule has 4 heteroatoms. The van der Waals surface area contributed by atoms with Crippen LogP contribution < -0.4 is 10.6 Å². The molecule has 0 aromatic heterocycles. The van der Waals surface area contributed by atoms with Gasteiger partial charge in [-0.05, 0) is 63.0 Å². The third-order valence-corrected chi connectivity index (χ3v) is 5.11. The van der Waals surface area contributed by atoms with Crippen LogP contribution in [-0.4, -0.2) is 44.2 Å². The molecule has 0 bridgehead atoms. The molecule has 0 saturated carbocycles. The fourth-order valence-electron chi connectivity index (χ4n) is 3.14. The molecule has 3 nitrogen and oxygen atoms in total. The first kappa shape index (κ1) is 16.8. The predicted molar refractivity (Wildman–Crippen MR) is 95.0 cm³/mol. The normalized spacial score (nSPS) is 20.7. The third kappa shape index (κ3) is 4.44. The number of likely N-dealkylation sites (N-methyl/N-ethyl adjacent to an activating group) is 2. The fraction of sp³-hybridized carbons (Fsp3) is 0.647. The van der Waals surface area contributed by atoms with Crippen molar-refractivity contribution in [3.63, 3.8) is 0 Å². The van der Waals surface area contributed by atoms with Gasteiger partial charge in [-0.1, -0.05) is 22.9 Å². The summed E-state index contributed by atoms with van der Waals surface area (Å²) in [6.45, 7) is 4.47. The Bertz CT molecular complexity index is 463. The van der Waals surface area contributed by atoms with Crippen molar-refractivity contribution in [3.05, 3.63) is 28.2 Å². The fourth-order valence-corrected chi connectivity index (χ4v) is 3.55. The Kier molecular flexibility index (Phi) is 6.08. The first-order valence-electron chi connectivity index (χ1n) is 7.96. The van der Waals surface area contributed by atoms with Gasteiger partial charge in [-0.2, -0.15) is 0 Å². The number of benzene rings is 1. The van der Waals surface area contributed by atoms with Crippen molar-refractivity contribution in [2.45, 2.75) is 44.7 Å². The average molecular weight is 354 g/mol. The molecule has 2 unspecified atom stereocenters. The van der Waals surface area contributed by atoms with Gasteiger partial charge in [0.15, 0.2) is 0 Å². The van der Waals surface area contributed by atoms with Gasteiger partial charge in [0.1, 0.15) is 0 Å². The number of nitrogens with two attached hydrogens (primary N) is 1. The molecule has 0 spiro atoms. The minimum atomic E-state index is 0.237. The standard InChI is InChI=1S/C17H28BrN3/c1-4-15(19)11-13-10-14(18)7-8-17(13)21(3)12-16-6-5-9-20(16)2/h7-8,10,15-16H,4-6,9,11-12,19H2,1-3H3. The highest BCUT2D eigenvalue weighted by molar-refractivity contribution is 9.10. The highest BCUT2D eigenvalue weighted by Crippen LogP contribution is 2.27. The smallest absolute Gasteiger partial charge is 0.0398 e. The van der Waals surface area contributed by atoms with Crippen LogP contribution in [0.5, 0.6) is 0 Å². The van der Waals surface area contributed by atoms with Crippen LogP contribution in [0.2, 0.25) is 0 Å². The SMILES string of the molecule is CCC(N)Cc1cc(Br)ccc1N(C)CC1CCCN1C. The van der Waals surface area contributed by atoms with Gasteiger partial charge in [-0.15, -0.1) is 0 Å². The van der Waals surface area contributed by atoms with Crippen LogP contribution in [0, 0.1) is 0 Å². The second-order valence-corrected chi connectivity index (χ2v) is 7.22. The molecule has 1 fully saturated rings. The van der Waals surface area contributed by atoms with Gasteiger partial charge in [0.2, 0.25) is 0 Å². The monoisotopic (exact) mass is 353 g/mol. The van der Waals surface area contributed by atoms with Crippen LogP contribution in [0.4, 0.5) is 5.69 Å². The predicted octanol–water partition coefficient (Wildman–Crippen LogP) is 3.26. The van der Waals surface area contributed by atoms with Gasteiger partial charge < -0.3 is 15.5 Å². The summed E-state index contributed by atoms with van der Waals surface area (Å²) in [6.07, 6.45) is 4.58. The topological polar surface area (TPSA) is 32.5 Å². The van der Waals surface area contributed by atoms with Crippen LogP contribution in [0.3, 0.4) is 0 Å². The lowest BCUT2D eigenvalue weighted by atomic mass is 10.0. The van der Waals surface area contributed by atoms with E-state index < -0.39 is 0 Å². The number of rotatable bonds is 6. The molecular weight excluding hydrogens is 326 g/mol. The van der Waals surface area contributed by atoms with E-state index in [-0.39, 0.29) is 6.04 Å². The molecule has 1 aromatic carbocycles. The van der Waals surface area contributed by atoms with E-state index in [1.807, 2.05) is 0 Å². The zero-order valence-electron chi connectivity index (χ0n) is 13.5. The summed E-state index contributed by atoms with van der Waals surface area (Å²) in [5.74, 6) is 0. The minimum Gasteiger partial charge on any atom is -0.373 e. The Morgan fingerprint density at radius 2 is 2.24 bits per heavy atom. The first-order chi connectivity index (χ1) is 10.0. The van der Waals surface area contributed by atoms with Crippen LogP contribution in [0.15, 0.2) is 22.7 Å². The summed E-state index contributed by atoms with van der Waals surface area (Å²) in [5.41, 5.74) is 8.84. The zero-order chi connectivity index (χ0) is 15.4. The Morgan fingerprint density at radius 3 is 2.86 bits per heavy atom. The Hall–Kier alpha value is -0.580. The van der Waals surface area contributed by atoms with Crippen LogP contribution in [0.1, 0.15) is 31.7 Å². The van der Waals surface area contributed by atoms with Crippen molar-refractivity contribution in [3.8, 4) is 0 Å². The van der Waals surface area contributed by atoms with Gasteiger partial charge in [0.25, 0.3) is 0 Å². The maximum absolute atomic E-state index is 6.17. The van der Waals surface area contributed by atoms with Crippen LogP contribution in [-0.2, 0) is 6.42 Å². The van der Waals surface area contributed by atoms with Crippen molar-refractivity contribution >= 4 is 21.6 Å². The molecule has 1 aromatic rings. The summed E-state index contributed by atoms with van der Waals surface area (Å²) in [6, 6.07) is 7.48. The highest BCUT2D eigenvalue weighted by atomic mass is 79.9. The molecule has 0 radical (unpaired) electrons. The van der Waals surface area contributed by atoms with E-state index in [1.54, 1.807) is 0 Å². The largest absolute Gasteiger partial charge is 0.373 e. The maximum atomic E-state index is 6.17. The summed E-state index contributed by atoms with van der Waals surface area (Å²) in [4.78, 5) is 4.88. The van der Waals surface area contributed by atoms with E-state index >= 15 is 0 Å². The second kappa shape index (κ2) is 7.61. The van der Waals surface area contributed by atoms with Gasteiger partial charge in [0, 0.05) is 35.8 Å². The summed E-state index contributed by atoms with van der Waals surface area (Å²) in [5, 5.41) is 0. The molecule has 1 saturated heterocycles. The Balaban J connectivity index is 2.13. The van der Waals surface area contributed by atoms with E-state index in [0.29, 0.717) is 6.04 Å². The maximum Gasteiger partial charge on any atom is 0.0398 e. The van der Waals surface area contributed by atoms with Crippen molar-refractivity contribution in [2.24, 2.45) is 5.73 Å². The number of nitrogens with zero attached hydrogens (tertiary/aromatic N) is 2. The van der Waals surface area contributed by atoms with Gasteiger partial charge in [0.05, 0.1) is 0 Å². The molecule has 0 amide bonds. The number of hydrogen-bond donors (Lipinski definition) is 1. The lowest BCUT2D eigenvalue weighted by Crippen LogP contribution is -2.37. The molecule has 21 heavy (non-hydrogen) atoms. The van der Waals surface area contributed by atoms with Gasteiger partial charge in [-0.25, -0.2) is 0 Å². The molecule has 2 atom stereocenters. The molecule has 2 rings (SSSR count). The van der Waals surface area contributed by atoms with E-state index in [0.717, 1.165) is 23.9 Å². The minimum absolute atomic E-state index is 0.237. The van der Waals surface area contributed by atoms with E-state index in [4.69, 9.17) is 5.73 Å². The molecule has 1 aliphatic rings. The van der Waals surface area contributed by atoms with Crippen molar-refractivity contribution in [2.75, 3.05) is 32.1 Å². The highest BCUT2D eigenvalue weighted by Gasteiger charge is 2.23. The van der Waals surface area contributed by atoms with Gasteiger partial charge >= 0.3 is 0 Å². The van der Waals surface area contributed by atoms with E-state index in [2.05, 4.69) is 64.9 Å². The number of halogens is 1. The molecule has 118 valence electrons. The molecule has 1 aliphatic heterocycles. The zero-order valence-corrected chi connectivity index (χ0v) is 15.1. The Labute approximate surface area is 137 Å². The van der Waals surface area contributed by atoms with Crippen LogP contribution in [0.25, 0.3) is 0 Å². The number of anilines is 1. The van der Waals surface area contributed by atoms with Crippen molar-refractivity contribution < 1.29 is 0 Å². The number of hydrogen-bond acceptors (Lipinski definition) is 3. The molecule has 2 N–H and O–H groups in total. The van der Waals surface area contributed by atoms with E-state index in [1.165, 1.54) is 30.6 Å². The van der Waals surface area contributed by atoms with Crippen molar-refractivity contribution in [1.29, 1.82) is 0 Å². The quantitative estimate of drug-likeness (QED) is 0.851. The molecular formula is C17H28BrN3. The third-order valence-electron chi connectivity index (χ3n) is 4.62. The van der Waals surface area contributed by atoms with Crippen molar-refractivity contribution in [1.82, 2.24) is 4.90 Å². The lowest BCUT2D eigenvalue weighted by molar-refractivity contribution is 0.314. The van der Waals surface area contributed by atoms with Crippen LogP contribution >= 0.6 is 15.9 Å².